The van der Waals surface area contributed by atoms with Gasteiger partial charge in [-0.3, -0.25) is 4.79 Å². The summed E-state index contributed by atoms with van der Waals surface area (Å²) in [5.41, 5.74) is 4.83. The first-order valence-corrected chi connectivity index (χ1v) is 10.2. The summed E-state index contributed by atoms with van der Waals surface area (Å²) in [5, 5.41) is 12.5. The monoisotopic (exact) mass is 424 g/mol. The summed E-state index contributed by atoms with van der Waals surface area (Å²) in [5.74, 6) is 0.0830. The molecule has 0 aliphatic rings. The van der Waals surface area contributed by atoms with Crippen LogP contribution in [0.5, 0.6) is 0 Å². The zero-order valence-corrected chi connectivity index (χ0v) is 17.3. The number of hydrogen-bond donors (Lipinski definition) is 1. The number of rotatable bonds is 5. The van der Waals surface area contributed by atoms with Gasteiger partial charge in [-0.2, -0.15) is 4.68 Å². The van der Waals surface area contributed by atoms with Crippen LogP contribution in [0.15, 0.2) is 53.8 Å². The largest absolute Gasteiger partial charge is 0.325 e. The molecule has 2 aromatic carbocycles. The van der Waals surface area contributed by atoms with Crippen molar-refractivity contribution >= 4 is 46.1 Å². The summed E-state index contributed by atoms with van der Waals surface area (Å²) in [6.45, 7) is 3.99. The molecule has 4 aromatic rings. The van der Waals surface area contributed by atoms with Crippen LogP contribution in [-0.4, -0.2) is 36.6 Å². The highest BCUT2D eigenvalue weighted by Crippen LogP contribution is 2.25. The molecule has 2 heterocycles. The summed E-state index contributed by atoms with van der Waals surface area (Å²) in [6.07, 6.45) is 1.44. The van der Waals surface area contributed by atoms with Gasteiger partial charge in [0.05, 0.1) is 11.4 Å². The number of thioether (sulfide) groups is 1. The fraction of sp³-hybridized carbons (Fsp3) is 0.150. The second kappa shape index (κ2) is 8.18. The molecule has 2 aromatic heterocycles. The van der Waals surface area contributed by atoms with Gasteiger partial charge in [0.2, 0.25) is 5.91 Å². The molecular formula is C20H17ClN6OS. The summed E-state index contributed by atoms with van der Waals surface area (Å²) < 4.78 is 1.60. The fourth-order valence-electron chi connectivity index (χ4n) is 2.89. The minimum atomic E-state index is -0.115. The van der Waals surface area contributed by atoms with E-state index in [4.69, 9.17) is 11.6 Å². The Morgan fingerprint density at radius 1 is 1.17 bits per heavy atom. The van der Waals surface area contributed by atoms with E-state index >= 15 is 0 Å². The third kappa shape index (κ3) is 4.23. The SMILES string of the molecule is Cc1ccc(NC(=O)CSc2ncnc3c2nnn3-c2cccc(Cl)c2)c(C)c1. The maximum atomic E-state index is 12.4. The zero-order chi connectivity index (χ0) is 20.4. The van der Waals surface area contributed by atoms with Crippen LogP contribution in [0.4, 0.5) is 5.69 Å². The van der Waals surface area contributed by atoms with Gasteiger partial charge in [-0.25, -0.2) is 9.97 Å². The lowest BCUT2D eigenvalue weighted by atomic mass is 10.1. The summed E-state index contributed by atoms with van der Waals surface area (Å²) in [6, 6.07) is 13.2. The van der Waals surface area contributed by atoms with Gasteiger partial charge in [0, 0.05) is 10.7 Å². The predicted octanol–water partition coefficient (Wildman–Crippen LogP) is 4.21. The van der Waals surface area contributed by atoms with Crippen molar-refractivity contribution < 1.29 is 4.79 Å². The van der Waals surface area contributed by atoms with E-state index < -0.39 is 0 Å². The van der Waals surface area contributed by atoms with Gasteiger partial charge in [-0.1, -0.05) is 52.3 Å². The first kappa shape index (κ1) is 19.4. The molecule has 0 saturated carbocycles. The maximum Gasteiger partial charge on any atom is 0.234 e. The topological polar surface area (TPSA) is 85.6 Å². The molecule has 0 unspecified atom stereocenters. The Hall–Kier alpha value is -2.97. The molecule has 146 valence electrons. The van der Waals surface area contributed by atoms with Crippen LogP contribution >= 0.6 is 23.4 Å². The number of anilines is 1. The van der Waals surface area contributed by atoms with Crippen LogP contribution in [-0.2, 0) is 4.79 Å². The number of aryl methyl sites for hydroxylation is 2. The molecule has 0 atom stereocenters. The molecule has 1 amide bonds. The Bertz CT molecular complexity index is 1210. The Morgan fingerprint density at radius 3 is 2.83 bits per heavy atom. The number of hydrogen-bond acceptors (Lipinski definition) is 6. The first-order chi connectivity index (χ1) is 14.0. The van der Waals surface area contributed by atoms with Crippen molar-refractivity contribution in [3.63, 3.8) is 0 Å². The predicted molar refractivity (Wildman–Crippen MR) is 115 cm³/mol. The van der Waals surface area contributed by atoms with E-state index in [0.717, 1.165) is 22.5 Å². The minimum Gasteiger partial charge on any atom is -0.325 e. The lowest BCUT2D eigenvalue weighted by molar-refractivity contribution is -0.113. The normalized spacial score (nSPS) is 11.0. The van der Waals surface area contributed by atoms with E-state index in [1.54, 1.807) is 16.8 Å². The quantitative estimate of drug-likeness (QED) is 0.381. The number of nitrogens with zero attached hydrogens (tertiary/aromatic N) is 5. The number of halogens is 1. The van der Waals surface area contributed by atoms with Gasteiger partial charge in [0.15, 0.2) is 11.2 Å². The van der Waals surface area contributed by atoms with Crippen molar-refractivity contribution in [3.8, 4) is 5.69 Å². The van der Waals surface area contributed by atoms with Crippen molar-refractivity contribution in [1.29, 1.82) is 0 Å². The first-order valence-electron chi connectivity index (χ1n) is 8.83. The van der Waals surface area contributed by atoms with Crippen molar-refractivity contribution in [1.82, 2.24) is 25.0 Å². The van der Waals surface area contributed by atoms with E-state index in [9.17, 15) is 4.79 Å². The molecule has 0 bridgehead atoms. The highest BCUT2D eigenvalue weighted by atomic mass is 35.5. The molecule has 0 aliphatic carbocycles. The van der Waals surface area contributed by atoms with Gasteiger partial charge in [-0.05, 0) is 43.7 Å². The molecule has 0 saturated heterocycles. The number of benzene rings is 2. The van der Waals surface area contributed by atoms with E-state index in [0.29, 0.717) is 21.2 Å². The van der Waals surface area contributed by atoms with Crippen molar-refractivity contribution in [3.05, 3.63) is 64.9 Å². The van der Waals surface area contributed by atoms with Gasteiger partial charge >= 0.3 is 0 Å². The van der Waals surface area contributed by atoms with Crippen LogP contribution in [0.25, 0.3) is 16.9 Å². The molecular weight excluding hydrogens is 408 g/mol. The number of carbonyl (C=O) groups excluding carboxylic acids is 1. The van der Waals surface area contributed by atoms with E-state index in [-0.39, 0.29) is 11.7 Å². The molecule has 7 nitrogen and oxygen atoms in total. The number of carbonyl (C=O) groups is 1. The summed E-state index contributed by atoms with van der Waals surface area (Å²) in [4.78, 5) is 21.0. The smallest absolute Gasteiger partial charge is 0.234 e. The van der Waals surface area contributed by atoms with Gasteiger partial charge < -0.3 is 5.32 Å². The fourth-order valence-corrected chi connectivity index (χ4v) is 3.80. The minimum absolute atomic E-state index is 0.115. The van der Waals surface area contributed by atoms with Crippen LogP contribution in [0.2, 0.25) is 5.02 Å². The van der Waals surface area contributed by atoms with Gasteiger partial charge in [0.25, 0.3) is 0 Å². The average molecular weight is 425 g/mol. The third-order valence-electron chi connectivity index (χ3n) is 4.25. The Kier molecular flexibility index (Phi) is 5.46. The third-order valence-corrected chi connectivity index (χ3v) is 5.47. The van der Waals surface area contributed by atoms with Crippen molar-refractivity contribution in [2.24, 2.45) is 0 Å². The number of amides is 1. The van der Waals surface area contributed by atoms with Crippen molar-refractivity contribution in [2.75, 3.05) is 11.1 Å². The molecule has 0 fully saturated rings. The summed E-state index contributed by atoms with van der Waals surface area (Å²) >= 11 is 7.37. The van der Waals surface area contributed by atoms with Crippen LogP contribution < -0.4 is 5.32 Å². The lowest BCUT2D eigenvalue weighted by Gasteiger charge is -2.09. The number of fused-ring (bicyclic) bond motifs is 1. The van der Waals surface area contributed by atoms with E-state index in [1.807, 2.05) is 44.2 Å². The van der Waals surface area contributed by atoms with Gasteiger partial charge in [0.1, 0.15) is 11.4 Å². The Balaban J connectivity index is 1.52. The van der Waals surface area contributed by atoms with Crippen molar-refractivity contribution in [2.45, 2.75) is 18.9 Å². The molecule has 29 heavy (non-hydrogen) atoms. The average Bonchev–Trinajstić information content (AvgIpc) is 3.13. The van der Waals surface area contributed by atoms with Crippen LogP contribution in [0.3, 0.4) is 0 Å². The highest BCUT2D eigenvalue weighted by Gasteiger charge is 2.15. The highest BCUT2D eigenvalue weighted by molar-refractivity contribution is 8.00. The zero-order valence-electron chi connectivity index (χ0n) is 15.8. The Morgan fingerprint density at radius 2 is 2.03 bits per heavy atom. The Labute approximate surface area is 176 Å². The van der Waals surface area contributed by atoms with Gasteiger partial charge in [-0.15, -0.1) is 5.10 Å². The van der Waals surface area contributed by atoms with Crippen LogP contribution in [0, 0.1) is 13.8 Å². The van der Waals surface area contributed by atoms with E-state index in [2.05, 4.69) is 25.6 Å². The number of nitrogens with one attached hydrogen (secondary N) is 1. The molecule has 4 rings (SSSR count). The molecule has 0 aliphatic heterocycles. The molecule has 1 N–H and O–H groups in total. The molecule has 0 radical (unpaired) electrons. The van der Waals surface area contributed by atoms with E-state index in [1.165, 1.54) is 18.1 Å². The number of aromatic nitrogens is 5. The molecule has 9 heteroatoms. The lowest BCUT2D eigenvalue weighted by Crippen LogP contribution is -2.15. The van der Waals surface area contributed by atoms with Crippen LogP contribution in [0.1, 0.15) is 11.1 Å². The molecule has 0 spiro atoms. The maximum absolute atomic E-state index is 12.4. The second-order valence-electron chi connectivity index (χ2n) is 6.49. The summed E-state index contributed by atoms with van der Waals surface area (Å²) in [7, 11) is 0. The second-order valence-corrected chi connectivity index (χ2v) is 7.89. The standard InChI is InChI=1S/C20H17ClN6OS/c1-12-6-7-16(13(2)8-12)24-17(28)10-29-20-18-19(22-11-23-20)27(26-25-18)15-5-3-4-14(21)9-15/h3-9,11H,10H2,1-2H3,(H,24,28).